The van der Waals surface area contributed by atoms with Crippen LogP contribution in [0.25, 0.3) is 0 Å². The Bertz CT molecular complexity index is 1070. The Labute approximate surface area is 183 Å². The number of rotatable bonds is 4. The molecule has 0 atom stereocenters. The number of allylic oxidation sites excluding steroid dienone is 2. The van der Waals surface area contributed by atoms with Crippen LogP contribution in [0.4, 0.5) is 13.2 Å². The largest absolute Gasteiger partial charge is 0.573 e. The summed E-state index contributed by atoms with van der Waals surface area (Å²) in [6, 6.07) is 5.70. The van der Waals surface area contributed by atoms with Gasteiger partial charge in [0.15, 0.2) is 5.84 Å². The fourth-order valence-corrected chi connectivity index (χ4v) is 4.70. The van der Waals surface area contributed by atoms with Crippen molar-refractivity contribution in [3.63, 3.8) is 0 Å². The van der Waals surface area contributed by atoms with Crippen LogP contribution in [0.15, 0.2) is 52.6 Å². The van der Waals surface area contributed by atoms with E-state index in [1.165, 1.54) is 12.1 Å². The number of carbonyl (C=O) groups excluding carboxylic acids is 1. The Morgan fingerprint density at radius 2 is 1.75 bits per heavy atom. The molecular weight excluding hydrogens is 449 g/mol. The highest BCUT2D eigenvalue weighted by Crippen LogP contribution is 2.24. The monoisotopic (exact) mass is 470 g/mol. The molecule has 1 saturated heterocycles. The van der Waals surface area contributed by atoms with Crippen LogP contribution in [0.1, 0.15) is 5.56 Å². The second kappa shape index (κ2) is 8.58. The molecule has 3 aliphatic heterocycles. The number of alkyl halides is 3. The minimum absolute atomic E-state index is 0.0930. The number of halogens is 3. The van der Waals surface area contributed by atoms with Crippen LogP contribution in [0, 0.1) is 0 Å². The van der Waals surface area contributed by atoms with Crippen molar-refractivity contribution in [2.24, 2.45) is 4.40 Å². The van der Waals surface area contributed by atoms with E-state index in [1.54, 1.807) is 40.3 Å². The number of hydrogen-bond donors (Lipinski definition) is 0. The number of piperazine rings is 1. The summed E-state index contributed by atoms with van der Waals surface area (Å²) in [4.78, 5) is 18.4. The number of nitrogens with zero attached hydrogens (tertiary/aromatic N) is 4. The Balaban J connectivity index is 1.35. The molecule has 1 aromatic carbocycles. The molecule has 1 fully saturated rings. The van der Waals surface area contributed by atoms with Crippen LogP contribution in [-0.4, -0.2) is 79.7 Å². The van der Waals surface area contributed by atoms with Crippen molar-refractivity contribution < 1.29 is 31.1 Å². The van der Waals surface area contributed by atoms with Gasteiger partial charge in [0.05, 0.1) is 11.3 Å². The quantitative estimate of drug-likeness (QED) is 0.667. The molecule has 0 aliphatic carbocycles. The highest BCUT2D eigenvalue weighted by Gasteiger charge is 2.33. The normalized spacial score (nSPS) is 21.0. The van der Waals surface area contributed by atoms with Gasteiger partial charge in [0.2, 0.25) is 0 Å². The van der Waals surface area contributed by atoms with Crippen LogP contribution >= 0.6 is 0 Å². The summed E-state index contributed by atoms with van der Waals surface area (Å²) in [5, 5.41) is 0. The Morgan fingerprint density at radius 1 is 1.06 bits per heavy atom. The van der Waals surface area contributed by atoms with Crippen LogP contribution in [0.3, 0.4) is 0 Å². The standard InChI is InChI=1S/C20H21F3N4O4S/c21-20(22,23)31-16-5-3-15(4-6-16)14-25-8-10-27(11-9-25)19(28)17-2-1-7-26-12-13-32(29,30)24-18(17)26/h1-7H,8-14H2. The van der Waals surface area contributed by atoms with Crippen molar-refractivity contribution in [2.75, 3.05) is 38.5 Å². The van der Waals surface area contributed by atoms with E-state index in [9.17, 15) is 26.4 Å². The van der Waals surface area contributed by atoms with Crippen molar-refractivity contribution in [2.45, 2.75) is 12.9 Å². The summed E-state index contributed by atoms with van der Waals surface area (Å²) >= 11 is 0. The van der Waals surface area contributed by atoms with Gasteiger partial charge in [-0.1, -0.05) is 12.1 Å². The molecule has 32 heavy (non-hydrogen) atoms. The van der Waals surface area contributed by atoms with Gasteiger partial charge in [0.1, 0.15) is 5.75 Å². The Kier molecular flexibility index (Phi) is 5.99. The van der Waals surface area contributed by atoms with Gasteiger partial charge in [-0.3, -0.25) is 9.69 Å². The second-order valence-electron chi connectivity index (χ2n) is 7.58. The van der Waals surface area contributed by atoms with E-state index in [2.05, 4.69) is 14.0 Å². The van der Waals surface area contributed by atoms with Gasteiger partial charge in [-0.2, -0.15) is 0 Å². The molecule has 0 aromatic heterocycles. The van der Waals surface area contributed by atoms with E-state index in [1.807, 2.05) is 0 Å². The molecule has 0 radical (unpaired) electrons. The van der Waals surface area contributed by atoms with E-state index in [0.29, 0.717) is 32.7 Å². The lowest BCUT2D eigenvalue weighted by Crippen LogP contribution is -2.50. The molecule has 3 heterocycles. The lowest BCUT2D eigenvalue weighted by Gasteiger charge is -2.36. The predicted molar refractivity (Wildman–Crippen MR) is 110 cm³/mol. The number of carbonyl (C=O) groups is 1. The van der Waals surface area contributed by atoms with Crippen molar-refractivity contribution in [3.8, 4) is 5.75 Å². The molecule has 12 heteroatoms. The third kappa shape index (κ3) is 5.30. The minimum atomic E-state index is -4.72. The molecule has 0 spiro atoms. The van der Waals surface area contributed by atoms with E-state index >= 15 is 0 Å². The summed E-state index contributed by atoms with van der Waals surface area (Å²) in [5.41, 5.74) is 1.08. The van der Waals surface area contributed by atoms with Crippen molar-refractivity contribution in [1.82, 2.24) is 14.7 Å². The number of fused-ring (bicyclic) bond motifs is 1. The second-order valence-corrected chi connectivity index (χ2v) is 9.33. The zero-order chi connectivity index (χ0) is 22.9. The van der Waals surface area contributed by atoms with Crippen LogP contribution in [-0.2, 0) is 21.4 Å². The van der Waals surface area contributed by atoms with Gasteiger partial charge in [0, 0.05) is 45.5 Å². The molecule has 0 N–H and O–H groups in total. The predicted octanol–water partition coefficient (Wildman–Crippen LogP) is 1.73. The Hall–Kier alpha value is -2.86. The van der Waals surface area contributed by atoms with E-state index < -0.39 is 16.4 Å². The van der Waals surface area contributed by atoms with Gasteiger partial charge in [0.25, 0.3) is 15.9 Å². The molecule has 0 unspecified atom stereocenters. The fourth-order valence-electron chi connectivity index (χ4n) is 3.72. The molecule has 172 valence electrons. The minimum Gasteiger partial charge on any atom is -0.406 e. The maximum absolute atomic E-state index is 13.0. The first-order valence-corrected chi connectivity index (χ1v) is 11.5. The lowest BCUT2D eigenvalue weighted by atomic mass is 10.1. The lowest BCUT2D eigenvalue weighted by molar-refractivity contribution is -0.274. The maximum Gasteiger partial charge on any atom is 0.573 e. The zero-order valence-electron chi connectivity index (χ0n) is 17.0. The third-order valence-corrected chi connectivity index (χ3v) is 6.46. The molecule has 3 aliphatic rings. The van der Waals surface area contributed by atoms with Gasteiger partial charge in [-0.15, -0.1) is 17.6 Å². The summed E-state index contributed by atoms with van der Waals surface area (Å²) in [6.45, 7) is 2.81. The van der Waals surface area contributed by atoms with E-state index in [4.69, 9.17) is 0 Å². The topological polar surface area (TPSA) is 82.5 Å². The summed E-state index contributed by atoms with van der Waals surface area (Å²) < 4.78 is 68.3. The van der Waals surface area contributed by atoms with Crippen LogP contribution in [0.2, 0.25) is 0 Å². The number of hydrogen-bond acceptors (Lipinski definition) is 6. The van der Waals surface area contributed by atoms with Gasteiger partial charge in [-0.25, -0.2) is 8.42 Å². The first kappa shape index (κ1) is 22.3. The maximum atomic E-state index is 13.0. The number of amidine groups is 1. The zero-order valence-corrected chi connectivity index (χ0v) is 17.8. The Morgan fingerprint density at radius 3 is 2.41 bits per heavy atom. The average Bonchev–Trinajstić information content (AvgIpc) is 2.73. The van der Waals surface area contributed by atoms with Gasteiger partial charge >= 0.3 is 6.36 Å². The van der Waals surface area contributed by atoms with Gasteiger partial charge in [-0.05, 0) is 29.8 Å². The first-order chi connectivity index (χ1) is 15.1. The molecule has 0 bridgehead atoms. The van der Waals surface area contributed by atoms with Crippen LogP contribution < -0.4 is 4.74 Å². The number of ether oxygens (including phenoxy) is 1. The molecular formula is C20H21F3N4O4S. The SMILES string of the molecule is O=C(C1=CC=CN2CCS(=O)(=O)N=C12)N1CCN(Cc2ccc(OC(F)(F)F)cc2)CC1. The van der Waals surface area contributed by atoms with Crippen molar-refractivity contribution >= 4 is 21.8 Å². The van der Waals surface area contributed by atoms with Crippen molar-refractivity contribution in [3.05, 3.63) is 53.8 Å². The smallest absolute Gasteiger partial charge is 0.406 e. The molecule has 1 aromatic rings. The summed E-state index contributed by atoms with van der Waals surface area (Å²) in [5.74, 6) is -0.478. The fraction of sp³-hybridized carbons (Fsp3) is 0.400. The molecule has 4 rings (SSSR count). The van der Waals surface area contributed by atoms with Gasteiger partial charge < -0.3 is 14.5 Å². The third-order valence-electron chi connectivity index (χ3n) is 5.31. The molecule has 8 nitrogen and oxygen atoms in total. The van der Waals surface area contributed by atoms with E-state index in [-0.39, 0.29) is 35.4 Å². The summed E-state index contributed by atoms with van der Waals surface area (Å²) in [6.07, 6.45) is 0.258. The van der Waals surface area contributed by atoms with E-state index in [0.717, 1.165) is 5.56 Å². The van der Waals surface area contributed by atoms with Crippen molar-refractivity contribution in [1.29, 1.82) is 0 Å². The number of sulfonamides is 1. The number of amides is 1. The number of benzene rings is 1. The molecule has 1 amide bonds. The average molecular weight is 470 g/mol. The molecule has 0 saturated carbocycles. The highest BCUT2D eigenvalue weighted by atomic mass is 32.2. The highest BCUT2D eigenvalue weighted by molar-refractivity contribution is 7.90. The van der Waals surface area contributed by atoms with Crippen LogP contribution in [0.5, 0.6) is 5.75 Å². The first-order valence-electron chi connectivity index (χ1n) is 9.94. The summed E-state index contributed by atoms with van der Waals surface area (Å²) in [7, 11) is -3.59.